The van der Waals surface area contributed by atoms with E-state index in [4.69, 9.17) is 37.9 Å². The molecule has 2 aliphatic heterocycles. The monoisotopic (exact) mass is 1580 g/mol. The SMILES string of the molecule is CCCCCOc1c2cc3cc1Cc1cc4cc(c1OCCCCC)Cc1cc(cc(c1OCCCCC)Cc1cc(cc(c1OCCCCC)C2)NC(=O)Nc1cccc(c1)OCCCC/C=C/CCCCOc1cccc(c1)NC(=O)N3)NC(=O)Nc1cccc(c1)OCCCC/C=C/CCCCOc1cccc(c1)NC(=O)N4. The smallest absolute Gasteiger partial charge is 0.323 e. The number of benzene rings is 8. The van der Waals surface area contributed by atoms with Crippen molar-refractivity contribution in [3.05, 3.63) is 214 Å². The Labute approximate surface area is 686 Å². The van der Waals surface area contributed by atoms with Gasteiger partial charge in [0.05, 0.1) is 52.9 Å². The lowest BCUT2D eigenvalue weighted by Crippen LogP contribution is -2.21. The highest BCUT2D eigenvalue weighted by Crippen LogP contribution is 2.44. The van der Waals surface area contributed by atoms with Gasteiger partial charge in [0, 0.05) is 140 Å². The topological polar surface area (TPSA) is 238 Å². The number of carbonyl (C=O) groups excluding carboxylic acids is 4. The van der Waals surface area contributed by atoms with Crippen molar-refractivity contribution in [1.29, 1.82) is 0 Å². The Morgan fingerprint density at radius 3 is 0.672 bits per heavy atom. The number of unbranched alkanes of at least 4 members (excludes halogenated alkanes) is 8. The van der Waals surface area contributed by atoms with E-state index in [1.165, 1.54) is 0 Å². The summed E-state index contributed by atoms with van der Waals surface area (Å²) < 4.78 is 54.1. The molecule has 20 heteroatoms. The van der Waals surface area contributed by atoms with Crippen molar-refractivity contribution in [3.63, 3.8) is 0 Å². The lowest BCUT2D eigenvalue weighted by molar-refractivity contribution is 0.261. The number of nitrogens with one attached hydrogen (secondary N) is 8. The van der Waals surface area contributed by atoms with Gasteiger partial charge in [-0.05, 0) is 200 Å². The fourth-order valence-electron chi connectivity index (χ4n) is 14.5. The summed E-state index contributed by atoms with van der Waals surface area (Å²) in [5, 5.41) is 25.5. The number of rotatable bonds is 20. The molecule has 0 spiro atoms. The molecule has 1 aliphatic carbocycles. The van der Waals surface area contributed by atoms with Crippen LogP contribution in [0.15, 0.2) is 170 Å². The molecule has 20 bridgehead atoms. The number of allylic oxidation sites excluding steroid dienone is 4. The summed E-state index contributed by atoms with van der Waals surface area (Å²) in [6.45, 7) is 12.2. The van der Waals surface area contributed by atoms with Crippen molar-refractivity contribution in [2.45, 2.75) is 207 Å². The van der Waals surface area contributed by atoms with Crippen molar-refractivity contribution in [1.82, 2.24) is 0 Å². The van der Waals surface area contributed by atoms with Gasteiger partial charge in [0.1, 0.15) is 46.0 Å². The molecule has 0 aromatic heterocycles. The number of fused-ring (bicyclic) bond motifs is 16. The summed E-state index contributed by atoms with van der Waals surface area (Å²) in [4.78, 5) is 59.4. The molecular formula is C96H120N8O12. The van der Waals surface area contributed by atoms with E-state index in [9.17, 15) is 19.2 Å². The van der Waals surface area contributed by atoms with Crippen molar-refractivity contribution in [3.8, 4) is 46.0 Å². The predicted molar refractivity (Wildman–Crippen MR) is 469 cm³/mol. The molecule has 8 N–H and O–H groups in total. The second-order valence-corrected chi connectivity index (χ2v) is 30.2. The number of anilines is 8. The quantitative estimate of drug-likeness (QED) is 0.0263. The van der Waals surface area contributed by atoms with Crippen molar-refractivity contribution >= 4 is 69.6 Å². The van der Waals surface area contributed by atoms with E-state index in [0.717, 1.165) is 154 Å². The zero-order chi connectivity index (χ0) is 80.7. The van der Waals surface area contributed by atoms with Crippen LogP contribution >= 0.6 is 0 Å². The molecular weight excluding hydrogens is 1460 g/mol. The van der Waals surface area contributed by atoms with Crippen LogP contribution in [-0.4, -0.2) is 77.0 Å². The molecule has 2 heterocycles. The lowest BCUT2D eigenvalue weighted by Gasteiger charge is -2.25. The van der Waals surface area contributed by atoms with Crippen LogP contribution in [0.1, 0.15) is 226 Å². The summed E-state index contributed by atoms with van der Waals surface area (Å²) in [7, 11) is 0. The van der Waals surface area contributed by atoms with E-state index in [1.807, 2.05) is 146 Å². The van der Waals surface area contributed by atoms with Gasteiger partial charge in [0.25, 0.3) is 0 Å². The van der Waals surface area contributed by atoms with E-state index in [2.05, 4.69) is 94.5 Å². The molecule has 8 aromatic rings. The number of amides is 8. The number of carbonyl (C=O) groups is 4. The normalized spacial score (nSPS) is 15.6. The first-order valence-corrected chi connectivity index (χ1v) is 42.6. The van der Waals surface area contributed by atoms with E-state index in [1.54, 1.807) is 0 Å². The lowest BCUT2D eigenvalue weighted by atomic mass is 9.90. The van der Waals surface area contributed by atoms with Gasteiger partial charge in [-0.1, -0.05) is 128 Å². The Bertz CT molecular complexity index is 3900. The Kier molecular flexibility index (Phi) is 34.6. The third kappa shape index (κ3) is 28.0. The molecule has 0 saturated heterocycles. The molecule has 116 heavy (non-hydrogen) atoms. The van der Waals surface area contributed by atoms with Crippen LogP contribution in [0.2, 0.25) is 0 Å². The standard InChI is InChI=1S/C96H120N8O12/c1-5-9-25-49-113-89-69-53-70-58-82-63-75(90(70)114-50-26-10-6-2)56-76-64-84-60-72(92(76)116-52-28-12-8-4)54-71-59-83(103-95(107)99-79-39-35-43-87(67-79)111-47-31-23-19-15-16-20-24-32-48-112-88-44-36-40-80(68-88)100-96(108)104-84)62-74(91(71)115-51-27-11-7-3)55-73(89)61-81(57-69)101-93(105)97-77-37-33-41-85(65-77)109-45-29-21-17-13-14-18-22-30-46-110-86-42-34-38-78(66-86)98-94(106)102-82/h13-16,33-44,57-68H,5-12,17-32,45-56H2,1-4H3,(H2,97,101,105)(H2,98,102,106)(H2,99,103,107)(H2,100,104,108)/b14-13+,16-15+. The van der Waals surface area contributed by atoms with E-state index < -0.39 is 24.1 Å². The minimum atomic E-state index is -0.485. The van der Waals surface area contributed by atoms with E-state index >= 15 is 0 Å². The molecule has 11 rings (SSSR count). The maximum absolute atomic E-state index is 14.9. The Balaban J connectivity index is 1.13. The molecule has 0 saturated carbocycles. The van der Waals surface area contributed by atoms with Gasteiger partial charge >= 0.3 is 24.1 Å². The minimum Gasteiger partial charge on any atom is -0.494 e. The Hall–Kier alpha value is -11.3. The maximum Gasteiger partial charge on any atom is 0.323 e. The molecule has 0 radical (unpaired) electrons. The van der Waals surface area contributed by atoms with Crippen LogP contribution in [0, 0.1) is 0 Å². The number of hydrogen-bond acceptors (Lipinski definition) is 12. The zero-order valence-electron chi connectivity index (χ0n) is 68.5. The summed E-state index contributed by atoms with van der Waals surface area (Å²) in [6, 6.07) is 43.5. The van der Waals surface area contributed by atoms with Crippen LogP contribution in [0.3, 0.4) is 0 Å². The average molecular weight is 1580 g/mol. The average Bonchev–Trinajstić information content (AvgIpc) is 0.770. The van der Waals surface area contributed by atoms with Crippen molar-refractivity contribution in [2.75, 3.05) is 95.4 Å². The number of ether oxygens (including phenoxy) is 8. The molecule has 8 aromatic carbocycles. The highest BCUT2D eigenvalue weighted by molar-refractivity contribution is 6.03. The zero-order valence-corrected chi connectivity index (χ0v) is 68.5. The molecule has 8 amide bonds. The largest absolute Gasteiger partial charge is 0.494 e. The van der Waals surface area contributed by atoms with Gasteiger partial charge in [-0.15, -0.1) is 0 Å². The highest BCUT2D eigenvalue weighted by atomic mass is 16.5. The van der Waals surface area contributed by atoms with E-state index in [-0.39, 0.29) is 25.7 Å². The predicted octanol–water partition coefficient (Wildman–Crippen LogP) is 24.6. The first kappa shape index (κ1) is 85.6. The molecule has 0 fully saturated rings. The maximum atomic E-state index is 14.9. The van der Waals surface area contributed by atoms with Crippen LogP contribution in [0.5, 0.6) is 46.0 Å². The Morgan fingerprint density at radius 2 is 0.466 bits per heavy atom. The first-order chi connectivity index (χ1) is 56.9. The van der Waals surface area contributed by atoms with Gasteiger partial charge in [-0.3, -0.25) is 0 Å². The molecule has 0 atom stereocenters. The van der Waals surface area contributed by atoms with E-state index in [0.29, 0.717) is 189 Å². The van der Waals surface area contributed by atoms with Crippen molar-refractivity contribution < 1.29 is 57.1 Å². The number of urea groups is 4. The second kappa shape index (κ2) is 46.9. The summed E-state index contributed by atoms with van der Waals surface area (Å²) >= 11 is 0. The summed E-state index contributed by atoms with van der Waals surface area (Å²) in [5.41, 5.74) is 9.80. The molecule has 3 aliphatic rings. The third-order valence-corrected chi connectivity index (χ3v) is 20.3. The number of hydrogen-bond donors (Lipinski definition) is 8. The van der Waals surface area contributed by atoms with Crippen molar-refractivity contribution in [2.24, 2.45) is 0 Å². The van der Waals surface area contributed by atoms with Crippen LogP contribution < -0.4 is 80.4 Å². The van der Waals surface area contributed by atoms with Gasteiger partial charge < -0.3 is 80.4 Å². The Morgan fingerprint density at radius 1 is 0.259 bits per heavy atom. The highest BCUT2D eigenvalue weighted by Gasteiger charge is 2.27. The van der Waals surface area contributed by atoms with Crippen LogP contribution in [-0.2, 0) is 25.7 Å². The minimum absolute atomic E-state index is 0.172. The van der Waals surface area contributed by atoms with Crippen LogP contribution in [0.4, 0.5) is 64.7 Å². The van der Waals surface area contributed by atoms with Gasteiger partial charge in [0.2, 0.25) is 0 Å². The summed E-state index contributed by atoms with van der Waals surface area (Å²) in [5.74, 6) is 4.94. The first-order valence-electron chi connectivity index (χ1n) is 42.6. The fourth-order valence-corrected chi connectivity index (χ4v) is 14.5. The third-order valence-electron chi connectivity index (χ3n) is 20.3. The second-order valence-electron chi connectivity index (χ2n) is 30.2. The van der Waals surface area contributed by atoms with Gasteiger partial charge in [-0.2, -0.15) is 0 Å². The fraction of sp³-hybridized carbons (Fsp3) is 0.417. The van der Waals surface area contributed by atoms with Gasteiger partial charge in [0.15, 0.2) is 0 Å². The molecule has 20 nitrogen and oxygen atoms in total. The van der Waals surface area contributed by atoms with Gasteiger partial charge in [-0.25, -0.2) is 19.2 Å². The van der Waals surface area contributed by atoms with Crippen LogP contribution in [0.25, 0.3) is 0 Å². The summed E-state index contributed by atoms with van der Waals surface area (Å²) in [6.07, 6.45) is 31.2. The molecule has 616 valence electrons. The molecule has 0 unspecified atom stereocenters.